The summed E-state index contributed by atoms with van der Waals surface area (Å²) in [6.07, 6.45) is 3.94. The first-order valence-corrected chi connectivity index (χ1v) is 7.12. The number of hydrogen-bond donors (Lipinski definition) is 2. The van der Waals surface area contributed by atoms with Crippen molar-refractivity contribution in [2.24, 2.45) is 0 Å². The highest BCUT2D eigenvalue weighted by Gasteiger charge is 2.20. The van der Waals surface area contributed by atoms with E-state index in [1.165, 1.54) is 0 Å². The van der Waals surface area contributed by atoms with Gasteiger partial charge in [0.1, 0.15) is 5.82 Å². The zero-order valence-electron chi connectivity index (χ0n) is 12.2. The molecule has 1 aliphatic rings. The van der Waals surface area contributed by atoms with Crippen molar-refractivity contribution in [3.8, 4) is 0 Å². The molecule has 2 N–H and O–H groups in total. The van der Waals surface area contributed by atoms with Gasteiger partial charge in [0, 0.05) is 38.9 Å². The molecule has 6 heteroatoms. The van der Waals surface area contributed by atoms with Crippen molar-refractivity contribution in [2.45, 2.75) is 32.4 Å². The normalized spacial score (nSPS) is 17.1. The average molecular weight is 277 g/mol. The molecule has 1 aromatic rings. The minimum atomic E-state index is 0.0906. The van der Waals surface area contributed by atoms with Crippen LogP contribution >= 0.6 is 0 Å². The van der Waals surface area contributed by atoms with Gasteiger partial charge in [-0.1, -0.05) is 0 Å². The molecule has 0 aromatic carbocycles. The molecule has 1 aliphatic heterocycles. The maximum absolute atomic E-state index is 11.3. The van der Waals surface area contributed by atoms with E-state index in [0.717, 1.165) is 44.0 Å². The van der Waals surface area contributed by atoms with Gasteiger partial charge in [-0.3, -0.25) is 9.69 Å². The molecule has 1 aromatic heterocycles. The zero-order chi connectivity index (χ0) is 14.4. The third kappa shape index (κ3) is 4.54. The average Bonchev–Trinajstić information content (AvgIpc) is 2.46. The topological polar surface area (TPSA) is 70.2 Å². The molecular formula is C14H23N5O. The van der Waals surface area contributed by atoms with E-state index in [9.17, 15) is 4.79 Å². The minimum absolute atomic E-state index is 0.0906. The van der Waals surface area contributed by atoms with Crippen LogP contribution < -0.4 is 10.6 Å². The van der Waals surface area contributed by atoms with Gasteiger partial charge in [0.25, 0.3) is 0 Å². The summed E-state index contributed by atoms with van der Waals surface area (Å²) >= 11 is 0. The number of carbonyl (C=O) groups excluding carboxylic acids is 1. The molecule has 2 heterocycles. The third-order valence-electron chi connectivity index (χ3n) is 3.64. The lowest BCUT2D eigenvalue weighted by atomic mass is 10.0. The fraction of sp³-hybridized carbons (Fsp3) is 0.643. The Hall–Kier alpha value is -1.53. The van der Waals surface area contributed by atoms with Crippen molar-refractivity contribution in [1.29, 1.82) is 0 Å². The second-order valence-corrected chi connectivity index (χ2v) is 5.20. The number of aryl methyl sites for hydroxylation is 1. The zero-order valence-corrected chi connectivity index (χ0v) is 12.2. The van der Waals surface area contributed by atoms with Gasteiger partial charge in [-0.15, -0.1) is 0 Å². The molecule has 0 radical (unpaired) electrons. The van der Waals surface area contributed by atoms with Crippen molar-refractivity contribution in [3.05, 3.63) is 23.8 Å². The summed E-state index contributed by atoms with van der Waals surface area (Å²) in [5.41, 5.74) is 1.03. The van der Waals surface area contributed by atoms with Crippen molar-refractivity contribution in [1.82, 2.24) is 25.5 Å². The van der Waals surface area contributed by atoms with Crippen LogP contribution in [0.3, 0.4) is 0 Å². The number of rotatable bonds is 5. The molecular weight excluding hydrogens is 254 g/mol. The van der Waals surface area contributed by atoms with E-state index >= 15 is 0 Å². The molecule has 1 amide bonds. The van der Waals surface area contributed by atoms with Crippen molar-refractivity contribution >= 4 is 5.91 Å². The van der Waals surface area contributed by atoms with Gasteiger partial charge in [-0.2, -0.15) is 0 Å². The molecule has 0 aliphatic carbocycles. The number of carbonyl (C=O) groups is 1. The summed E-state index contributed by atoms with van der Waals surface area (Å²) in [5, 5.41) is 6.20. The Bertz CT molecular complexity index is 443. The van der Waals surface area contributed by atoms with Crippen LogP contribution in [0, 0.1) is 6.92 Å². The van der Waals surface area contributed by atoms with E-state index in [1.807, 2.05) is 13.0 Å². The summed E-state index contributed by atoms with van der Waals surface area (Å²) in [7, 11) is 1.68. The lowest BCUT2D eigenvalue weighted by molar-refractivity contribution is -0.122. The Morgan fingerprint density at radius 1 is 1.45 bits per heavy atom. The molecule has 6 nitrogen and oxygen atoms in total. The molecule has 1 fully saturated rings. The SMILES string of the molecule is CNC(=O)CN1CCC(NCc2ccnc(C)n2)CC1. The highest BCUT2D eigenvalue weighted by molar-refractivity contribution is 5.77. The lowest BCUT2D eigenvalue weighted by Gasteiger charge is -2.31. The number of amides is 1. The molecule has 0 saturated carbocycles. The standard InChI is InChI=1S/C14H23N5O/c1-11-16-6-3-13(18-11)9-17-12-4-7-19(8-5-12)10-14(20)15-2/h3,6,12,17H,4-5,7-10H2,1-2H3,(H,15,20). The van der Waals surface area contributed by atoms with E-state index in [1.54, 1.807) is 13.2 Å². The van der Waals surface area contributed by atoms with Gasteiger partial charge in [0.15, 0.2) is 0 Å². The van der Waals surface area contributed by atoms with Crippen LogP contribution in [-0.4, -0.2) is 53.5 Å². The Kier molecular flexibility index (Phi) is 5.43. The monoisotopic (exact) mass is 277 g/mol. The molecule has 20 heavy (non-hydrogen) atoms. The summed E-state index contributed by atoms with van der Waals surface area (Å²) in [4.78, 5) is 22.0. The van der Waals surface area contributed by atoms with Gasteiger partial charge < -0.3 is 10.6 Å². The maximum atomic E-state index is 11.3. The van der Waals surface area contributed by atoms with Crippen LogP contribution in [0.4, 0.5) is 0 Å². The van der Waals surface area contributed by atoms with Gasteiger partial charge in [0.2, 0.25) is 5.91 Å². The van der Waals surface area contributed by atoms with Gasteiger partial charge in [-0.05, 0) is 25.8 Å². The second kappa shape index (κ2) is 7.31. The highest BCUT2D eigenvalue weighted by atomic mass is 16.1. The van der Waals surface area contributed by atoms with E-state index in [0.29, 0.717) is 12.6 Å². The van der Waals surface area contributed by atoms with Crippen molar-refractivity contribution in [2.75, 3.05) is 26.7 Å². The number of nitrogens with zero attached hydrogens (tertiary/aromatic N) is 3. The number of aromatic nitrogens is 2. The maximum Gasteiger partial charge on any atom is 0.233 e. The molecule has 1 saturated heterocycles. The fourth-order valence-electron chi connectivity index (χ4n) is 2.43. The summed E-state index contributed by atoms with van der Waals surface area (Å²) in [6.45, 7) is 5.13. The van der Waals surface area contributed by atoms with Crippen LogP contribution in [0.2, 0.25) is 0 Å². The molecule has 0 spiro atoms. The lowest BCUT2D eigenvalue weighted by Crippen LogP contribution is -2.45. The number of nitrogens with one attached hydrogen (secondary N) is 2. The van der Waals surface area contributed by atoms with Crippen molar-refractivity contribution < 1.29 is 4.79 Å². The molecule has 0 unspecified atom stereocenters. The number of piperidine rings is 1. The quantitative estimate of drug-likeness (QED) is 0.798. The summed E-state index contributed by atoms with van der Waals surface area (Å²) in [5.74, 6) is 0.901. The third-order valence-corrected chi connectivity index (χ3v) is 3.64. The first-order valence-electron chi connectivity index (χ1n) is 7.12. The number of likely N-dealkylation sites (tertiary alicyclic amines) is 1. The van der Waals surface area contributed by atoms with Crippen LogP contribution in [-0.2, 0) is 11.3 Å². The van der Waals surface area contributed by atoms with Gasteiger partial charge in [0.05, 0.1) is 12.2 Å². The predicted molar refractivity (Wildman–Crippen MR) is 77.1 cm³/mol. The molecule has 110 valence electrons. The van der Waals surface area contributed by atoms with E-state index < -0.39 is 0 Å². The summed E-state index contributed by atoms with van der Waals surface area (Å²) < 4.78 is 0. The number of hydrogen-bond acceptors (Lipinski definition) is 5. The van der Waals surface area contributed by atoms with Gasteiger partial charge in [-0.25, -0.2) is 9.97 Å². The van der Waals surface area contributed by atoms with E-state index in [4.69, 9.17) is 0 Å². The number of likely N-dealkylation sites (N-methyl/N-ethyl adjacent to an activating group) is 1. The van der Waals surface area contributed by atoms with Crippen LogP contribution in [0.15, 0.2) is 12.3 Å². The van der Waals surface area contributed by atoms with Gasteiger partial charge >= 0.3 is 0 Å². The molecule has 2 rings (SSSR count). The molecule has 0 bridgehead atoms. The molecule has 0 atom stereocenters. The first kappa shape index (κ1) is 14.9. The van der Waals surface area contributed by atoms with Crippen LogP contribution in [0.25, 0.3) is 0 Å². The largest absolute Gasteiger partial charge is 0.358 e. The summed E-state index contributed by atoms with van der Waals surface area (Å²) in [6, 6.07) is 2.45. The fourth-order valence-corrected chi connectivity index (χ4v) is 2.43. The minimum Gasteiger partial charge on any atom is -0.358 e. The van der Waals surface area contributed by atoms with E-state index in [2.05, 4.69) is 25.5 Å². The van der Waals surface area contributed by atoms with Crippen molar-refractivity contribution in [3.63, 3.8) is 0 Å². The Morgan fingerprint density at radius 2 is 2.20 bits per heavy atom. The Balaban J connectivity index is 1.70. The predicted octanol–water partition coefficient (Wildman–Crippen LogP) is 0.0850. The smallest absolute Gasteiger partial charge is 0.233 e. The highest BCUT2D eigenvalue weighted by Crippen LogP contribution is 2.10. The van der Waals surface area contributed by atoms with Crippen LogP contribution in [0.1, 0.15) is 24.4 Å². The van der Waals surface area contributed by atoms with Crippen LogP contribution in [0.5, 0.6) is 0 Å². The Labute approximate surface area is 120 Å². The van der Waals surface area contributed by atoms with E-state index in [-0.39, 0.29) is 5.91 Å². The Morgan fingerprint density at radius 3 is 2.85 bits per heavy atom. The second-order valence-electron chi connectivity index (χ2n) is 5.20. The first-order chi connectivity index (χ1) is 9.67.